The van der Waals surface area contributed by atoms with E-state index < -0.39 is 27.6 Å². The van der Waals surface area contributed by atoms with Gasteiger partial charge in [-0.25, -0.2) is 13.2 Å². The predicted octanol–water partition coefficient (Wildman–Crippen LogP) is 3.52. The Bertz CT molecular complexity index is 643. The van der Waals surface area contributed by atoms with E-state index in [0.717, 1.165) is 5.41 Å². The molecule has 0 heterocycles. The summed E-state index contributed by atoms with van der Waals surface area (Å²) in [6.45, 7) is 9.09. The van der Waals surface area contributed by atoms with Crippen LogP contribution in [0.3, 0.4) is 0 Å². The number of sulfone groups is 1. The Labute approximate surface area is 138 Å². The van der Waals surface area contributed by atoms with Gasteiger partial charge in [0.2, 0.25) is 0 Å². The van der Waals surface area contributed by atoms with Crippen LogP contribution in [-0.4, -0.2) is 26.2 Å². The fraction of sp³-hybridized carbons (Fsp3) is 0.471. The van der Waals surface area contributed by atoms with E-state index in [9.17, 15) is 13.2 Å². The fourth-order valence-electron chi connectivity index (χ4n) is 1.76. The van der Waals surface area contributed by atoms with Crippen molar-refractivity contribution in [1.82, 2.24) is 5.32 Å². The molecule has 0 saturated heterocycles. The van der Waals surface area contributed by atoms with Crippen LogP contribution in [0.1, 0.15) is 34.6 Å². The first-order valence-electron chi connectivity index (χ1n) is 7.49. The molecule has 1 amide bonds. The number of ether oxygens (including phenoxy) is 1. The number of benzene rings is 1. The average Bonchev–Trinajstić information content (AvgIpc) is 2.42. The zero-order chi connectivity index (χ0) is 17.7. The van der Waals surface area contributed by atoms with Crippen LogP contribution in [0.5, 0.6) is 0 Å². The van der Waals surface area contributed by atoms with Gasteiger partial charge in [-0.3, -0.25) is 0 Å². The molecule has 0 aliphatic carbocycles. The number of carbonyl (C=O) groups excluding carboxylic acids is 1. The largest absolute Gasteiger partial charge is 0.444 e. The lowest BCUT2D eigenvalue weighted by atomic mass is 10.1. The van der Waals surface area contributed by atoms with Gasteiger partial charge in [0.15, 0.2) is 9.84 Å². The maximum atomic E-state index is 12.2. The van der Waals surface area contributed by atoms with Gasteiger partial charge in [0.25, 0.3) is 0 Å². The highest BCUT2D eigenvalue weighted by atomic mass is 32.2. The molecule has 5 nitrogen and oxygen atoms in total. The zero-order valence-electron chi connectivity index (χ0n) is 14.2. The van der Waals surface area contributed by atoms with E-state index in [-0.39, 0.29) is 10.8 Å². The first-order chi connectivity index (χ1) is 10.5. The highest BCUT2D eigenvalue weighted by Crippen LogP contribution is 2.14. The first kappa shape index (κ1) is 19.2. The third-order valence-electron chi connectivity index (χ3n) is 2.94. The van der Waals surface area contributed by atoms with Crippen LogP contribution in [0, 0.1) is 5.92 Å². The van der Waals surface area contributed by atoms with Gasteiger partial charge in [-0.05, 0) is 38.8 Å². The van der Waals surface area contributed by atoms with Crippen LogP contribution < -0.4 is 5.32 Å². The Kier molecular flexibility index (Phi) is 6.38. The number of nitrogens with one attached hydrogen (secondary N) is 1. The Morgan fingerprint density at radius 2 is 1.74 bits per heavy atom. The molecule has 1 rings (SSSR count). The molecular formula is C17H25NO4S. The van der Waals surface area contributed by atoms with Gasteiger partial charge in [0.05, 0.1) is 10.9 Å². The Morgan fingerprint density at radius 1 is 1.17 bits per heavy atom. The van der Waals surface area contributed by atoms with Crippen LogP contribution in [0.15, 0.2) is 46.7 Å². The van der Waals surface area contributed by atoms with Crippen molar-refractivity contribution in [2.45, 2.75) is 51.2 Å². The number of carbonyl (C=O) groups is 1. The molecule has 0 unspecified atom stereocenters. The molecule has 1 N–H and O–H groups in total. The van der Waals surface area contributed by atoms with Gasteiger partial charge in [-0.2, -0.15) is 0 Å². The third-order valence-corrected chi connectivity index (χ3v) is 4.38. The van der Waals surface area contributed by atoms with Crippen LogP contribution in [0.4, 0.5) is 4.79 Å². The molecule has 1 aromatic rings. The van der Waals surface area contributed by atoms with E-state index in [4.69, 9.17) is 4.74 Å². The second-order valence-electron chi connectivity index (χ2n) is 6.60. The summed E-state index contributed by atoms with van der Waals surface area (Å²) < 4.78 is 29.7. The highest BCUT2D eigenvalue weighted by molar-refractivity contribution is 7.94. The van der Waals surface area contributed by atoms with Gasteiger partial charge in [0, 0.05) is 5.41 Å². The highest BCUT2D eigenvalue weighted by Gasteiger charge is 2.20. The molecule has 0 spiro atoms. The smallest absolute Gasteiger partial charge is 0.408 e. The van der Waals surface area contributed by atoms with Gasteiger partial charge in [-0.15, -0.1) is 0 Å². The lowest BCUT2D eigenvalue weighted by Gasteiger charge is -2.24. The molecule has 0 aromatic heterocycles. The van der Waals surface area contributed by atoms with Crippen molar-refractivity contribution in [2.24, 2.45) is 5.92 Å². The van der Waals surface area contributed by atoms with Crippen molar-refractivity contribution < 1.29 is 17.9 Å². The lowest BCUT2D eigenvalue weighted by Crippen LogP contribution is -2.40. The summed E-state index contributed by atoms with van der Waals surface area (Å²) in [7, 11) is -3.53. The van der Waals surface area contributed by atoms with Crippen molar-refractivity contribution in [3.63, 3.8) is 0 Å². The summed E-state index contributed by atoms with van der Waals surface area (Å²) in [4.78, 5) is 12.1. The SMILES string of the molecule is CC(C)[C@@H](C=CS(=O)(=O)c1ccccc1)NC(=O)OC(C)(C)C. The predicted molar refractivity (Wildman–Crippen MR) is 90.8 cm³/mol. The topological polar surface area (TPSA) is 72.5 Å². The van der Waals surface area contributed by atoms with Crippen molar-refractivity contribution in [3.05, 3.63) is 41.8 Å². The summed E-state index contributed by atoms with van der Waals surface area (Å²) in [6, 6.07) is 7.71. The van der Waals surface area contributed by atoms with Gasteiger partial charge in [-0.1, -0.05) is 38.1 Å². The van der Waals surface area contributed by atoms with Crippen molar-refractivity contribution >= 4 is 15.9 Å². The van der Waals surface area contributed by atoms with E-state index in [2.05, 4.69) is 5.32 Å². The van der Waals surface area contributed by atoms with E-state index in [0.29, 0.717) is 0 Å². The summed E-state index contributed by atoms with van der Waals surface area (Å²) in [6.07, 6.45) is 0.912. The van der Waals surface area contributed by atoms with Gasteiger partial charge < -0.3 is 10.1 Å². The van der Waals surface area contributed by atoms with Gasteiger partial charge >= 0.3 is 6.09 Å². The molecule has 1 aromatic carbocycles. The van der Waals surface area contributed by atoms with Crippen molar-refractivity contribution in [1.29, 1.82) is 0 Å². The number of alkyl carbamates (subject to hydrolysis) is 1. The molecule has 0 aliphatic rings. The van der Waals surface area contributed by atoms with E-state index in [1.807, 2.05) is 13.8 Å². The molecule has 0 fully saturated rings. The Morgan fingerprint density at radius 3 is 2.22 bits per heavy atom. The summed E-state index contributed by atoms with van der Waals surface area (Å²) >= 11 is 0. The Hall–Kier alpha value is -1.82. The summed E-state index contributed by atoms with van der Waals surface area (Å²) in [5.74, 6) is 0.0183. The number of amides is 1. The minimum Gasteiger partial charge on any atom is -0.444 e. The molecule has 0 bridgehead atoms. The summed E-state index contributed by atoms with van der Waals surface area (Å²) in [5.41, 5.74) is -0.606. The van der Waals surface area contributed by atoms with Crippen molar-refractivity contribution in [3.8, 4) is 0 Å². The molecule has 1 atom stereocenters. The van der Waals surface area contributed by atoms with Crippen LogP contribution in [0.25, 0.3) is 0 Å². The molecule has 0 saturated carbocycles. The maximum Gasteiger partial charge on any atom is 0.408 e. The minimum absolute atomic E-state index is 0.0183. The average molecular weight is 339 g/mol. The number of hydrogen-bond acceptors (Lipinski definition) is 4. The second-order valence-corrected chi connectivity index (χ2v) is 8.44. The van der Waals surface area contributed by atoms with Gasteiger partial charge in [0.1, 0.15) is 5.60 Å². The summed E-state index contributed by atoms with van der Waals surface area (Å²) in [5, 5.41) is 3.81. The fourth-order valence-corrected chi connectivity index (χ4v) is 2.83. The molecule has 128 valence electrons. The molecule has 6 heteroatoms. The van der Waals surface area contributed by atoms with E-state index >= 15 is 0 Å². The normalized spacial score (nSPS) is 14.0. The molecule has 23 heavy (non-hydrogen) atoms. The third kappa shape index (κ3) is 6.86. The monoisotopic (exact) mass is 339 g/mol. The van der Waals surface area contributed by atoms with Crippen LogP contribution in [0.2, 0.25) is 0 Å². The van der Waals surface area contributed by atoms with Crippen LogP contribution >= 0.6 is 0 Å². The Balaban J connectivity index is 2.86. The van der Waals surface area contributed by atoms with Crippen molar-refractivity contribution in [2.75, 3.05) is 0 Å². The molecule has 0 radical (unpaired) electrons. The quantitative estimate of drug-likeness (QED) is 0.891. The van der Waals surface area contributed by atoms with E-state index in [1.165, 1.54) is 18.2 Å². The second kappa shape index (κ2) is 7.64. The molecular weight excluding hydrogens is 314 g/mol. The van der Waals surface area contributed by atoms with E-state index in [1.54, 1.807) is 39.0 Å². The number of hydrogen-bond donors (Lipinski definition) is 1. The maximum absolute atomic E-state index is 12.2. The standard InChI is InChI=1S/C17H25NO4S/c1-13(2)15(18-16(19)22-17(3,4)5)11-12-23(20,21)14-9-7-6-8-10-14/h6-13,15H,1-5H3,(H,18,19)/t15-/m1/s1. The lowest BCUT2D eigenvalue weighted by molar-refractivity contribution is 0.0504. The molecule has 0 aliphatic heterocycles. The zero-order valence-corrected chi connectivity index (χ0v) is 15.1. The first-order valence-corrected chi connectivity index (χ1v) is 9.04. The van der Waals surface area contributed by atoms with Crippen LogP contribution in [-0.2, 0) is 14.6 Å². The minimum atomic E-state index is -3.53. The number of rotatable bonds is 5.